The molecule has 0 saturated carbocycles. The van der Waals surface area contributed by atoms with Crippen LogP contribution in [-0.4, -0.2) is 24.8 Å². The molecule has 0 bridgehead atoms. The molecule has 5 nitrogen and oxygen atoms in total. The van der Waals surface area contributed by atoms with Crippen LogP contribution in [-0.2, 0) is 21.9 Å². The predicted octanol–water partition coefficient (Wildman–Crippen LogP) is 5.51. The van der Waals surface area contributed by atoms with Crippen molar-refractivity contribution in [3.05, 3.63) is 89.2 Å². The third-order valence-corrected chi connectivity index (χ3v) is 7.74. The van der Waals surface area contributed by atoms with Crippen molar-refractivity contribution >= 4 is 15.9 Å². The lowest BCUT2D eigenvalue weighted by Gasteiger charge is -2.19. The molecule has 0 radical (unpaired) electrons. The lowest BCUT2D eigenvalue weighted by molar-refractivity contribution is 0.0954. The number of hydrogen-bond donors (Lipinski definition) is 1. The van der Waals surface area contributed by atoms with Crippen LogP contribution in [0.25, 0.3) is 0 Å². The topological polar surface area (TPSA) is 68.2 Å². The molecule has 33 heavy (non-hydrogen) atoms. The molecule has 0 spiro atoms. The monoisotopic (exact) mass is 466 g/mol. The molecule has 1 atom stereocenters. The van der Waals surface area contributed by atoms with Gasteiger partial charge in [0.15, 0.2) is 0 Å². The fourth-order valence-corrected chi connectivity index (χ4v) is 4.78. The normalized spacial score (nSPS) is 13.0. The minimum absolute atomic E-state index is 0.0586. The van der Waals surface area contributed by atoms with Gasteiger partial charge >= 0.3 is 0 Å². The van der Waals surface area contributed by atoms with Crippen molar-refractivity contribution in [3.63, 3.8) is 0 Å². The summed E-state index contributed by atoms with van der Waals surface area (Å²) < 4.78 is 27.0. The minimum atomic E-state index is -3.75. The molecule has 1 amide bonds. The lowest BCUT2D eigenvalue weighted by atomic mass is 9.87. The van der Waals surface area contributed by atoms with Gasteiger partial charge in [0, 0.05) is 18.9 Å². The Morgan fingerprint density at radius 3 is 2.21 bits per heavy atom. The number of aromatic nitrogens is 1. The maximum absolute atomic E-state index is 13.0. The molecule has 6 heteroatoms. The van der Waals surface area contributed by atoms with Crippen LogP contribution in [0.5, 0.6) is 0 Å². The molecule has 3 aromatic rings. The summed E-state index contributed by atoms with van der Waals surface area (Å²) in [5, 5.41) is 2.88. The van der Waals surface area contributed by atoms with Gasteiger partial charge < -0.3 is 5.32 Å². The van der Waals surface area contributed by atoms with Crippen LogP contribution in [0.15, 0.2) is 71.9 Å². The van der Waals surface area contributed by atoms with Crippen LogP contribution in [0.2, 0.25) is 0 Å². The molecule has 1 aromatic heterocycles. The van der Waals surface area contributed by atoms with E-state index in [4.69, 9.17) is 0 Å². The van der Waals surface area contributed by atoms with Gasteiger partial charge in [-0.25, -0.2) is 12.4 Å². The maximum atomic E-state index is 13.0. The molecule has 0 aliphatic rings. The van der Waals surface area contributed by atoms with E-state index in [-0.39, 0.29) is 16.2 Å². The molecule has 1 N–H and O–H groups in total. The number of hydrogen-bond acceptors (Lipinski definition) is 3. The molecule has 176 valence electrons. The van der Waals surface area contributed by atoms with Crippen molar-refractivity contribution in [2.75, 3.05) is 6.54 Å². The summed E-state index contributed by atoms with van der Waals surface area (Å²) in [5.74, 6) is 0.249. The Morgan fingerprint density at radius 1 is 1.00 bits per heavy atom. The number of carbonyl (C=O) groups is 1. The second-order valence-electron chi connectivity index (χ2n) is 9.57. The van der Waals surface area contributed by atoms with Crippen LogP contribution >= 0.6 is 0 Å². The standard InChI is InChI=1S/C27H34N2O3S/c1-6-20(2)22-9-7-21(8-10-22)15-17-28-26(30)23-16-18-29(19-23)33(31,32)25-13-11-24(12-14-25)27(3,4)5/h7-14,16,18-20H,6,15,17H2,1-5H3,(H,28,30). The van der Waals surface area contributed by atoms with E-state index in [9.17, 15) is 13.2 Å². The molecule has 3 rings (SSSR count). The highest BCUT2D eigenvalue weighted by atomic mass is 32.2. The Hall–Kier alpha value is -2.86. The van der Waals surface area contributed by atoms with Crippen LogP contribution in [0.3, 0.4) is 0 Å². The fraction of sp³-hybridized carbons (Fsp3) is 0.370. The van der Waals surface area contributed by atoms with E-state index >= 15 is 0 Å². The summed E-state index contributed by atoms with van der Waals surface area (Å²) >= 11 is 0. The summed E-state index contributed by atoms with van der Waals surface area (Å²) in [6, 6.07) is 16.9. The minimum Gasteiger partial charge on any atom is -0.352 e. The number of amides is 1. The van der Waals surface area contributed by atoms with Gasteiger partial charge in [-0.15, -0.1) is 0 Å². The molecule has 0 fully saturated rings. The first-order chi connectivity index (χ1) is 15.5. The number of nitrogens with one attached hydrogen (secondary N) is 1. The van der Waals surface area contributed by atoms with E-state index in [2.05, 4.69) is 64.2 Å². The van der Waals surface area contributed by atoms with E-state index < -0.39 is 10.0 Å². The number of carbonyl (C=O) groups excluding carboxylic acids is 1. The van der Waals surface area contributed by atoms with Crippen LogP contribution in [0.4, 0.5) is 0 Å². The van der Waals surface area contributed by atoms with Crippen molar-refractivity contribution in [2.45, 2.75) is 63.7 Å². The average molecular weight is 467 g/mol. The van der Waals surface area contributed by atoms with Crippen LogP contribution in [0, 0.1) is 0 Å². The Morgan fingerprint density at radius 2 is 1.64 bits per heavy atom. The van der Waals surface area contributed by atoms with E-state index in [0.29, 0.717) is 24.4 Å². The van der Waals surface area contributed by atoms with E-state index in [1.54, 1.807) is 12.1 Å². The number of benzene rings is 2. The van der Waals surface area contributed by atoms with E-state index in [1.165, 1.54) is 24.0 Å². The van der Waals surface area contributed by atoms with Crippen molar-refractivity contribution < 1.29 is 13.2 Å². The molecular formula is C27H34N2O3S. The maximum Gasteiger partial charge on any atom is 0.267 e. The van der Waals surface area contributed by atoms with Crippen molar-refractivity contribution in [3.8, 4) is 0 Å². The Kier molecular flexibility index (Phi) is 7.48. The molecule has 0 aliphatic carbocycles. The van der Waals surface area contributed by atoms with Gasteiger partial charge in [-0.1, -0.05) is 71.0 Å². The average Bonchev–Trinajstić information content (AvgIpc) is 3.30. The summed E-state index contributed by atoms with van der Waals surface area (Å²) in [4.78, 5) is 12.7. The molecular weight excluding hydrogens is 432 g/mol. The molecule has 1 heterocycles. The smallest absolute Gasteiger partial charge is 0.267 e. The van der Waals surface area contributed by atoms with E-state index in [0.717, 1.165) is 21.5 Å². The van der Waals surface area contributed by atoms with Gasteiger partial charge in [-0.05, 0) is 59.1 Å². The quantitative estimate of drug-likeness (QED) is 0.476. The molecule has 1 unspecified atom stereocenters. The van der Waals surface area contributed by atoms with Gasteiger partial charge in [0.25, 0.3) is 15.9 Å². The SMILES string of the molecule is CCC(C)c1ccc(CCNC(=O)c2ccn(S(=O)(=O)c3ccc(C(C)(C)C)cc3)c2)cc1. The first kappa shape index (κ1) is 24.8. The third-order valence-electron chi connectivity index (χ3n) is 6.09. The highest BCUT2D eigenvalue weighted by Crippen LogP contribution is 2.24. The van der Waals surface area contributed by atoms with Crippen molar-refractivity contribution in [1.82, 2.24) is 9.29 Å². The van der Waals surface area contributed by atoms with Crippen molar-refractivity contribution in [2.24, 2.45) is 0 Å². The summed E-state index contributed by atoms with van der Waals surface area (Å²) in [6.45, 7) is 11.1. The zero-order chi connectivity index (χ0) is 24.2. The summed E-state index contributed by atoms with van der Waals surface area (Å²) in [5.41, 5.74) is 3.79. The first-order valence-corrected chi connectivity index (χ1v) is 12.9. The van der Waals surface area contributed by atoms with Gasteiger partial charge in [0.1, 0.15) is 0 Å². The lowest BCUT2D eigenvalue weighted by Crippen LogP contribution is -2.25. The number of rotatable bonds is 8. The molecule has 0 saturated heterocycles. The Labute approximate surface area is 197 Å². The second kappa shape index (κ2) is 9.96. The number of nitrogens with zero attached hydrogens (tertiary/aromatic N) is 1. The molecule has 2 aromatic carbocycles. The van der Waals surface area contributed by atoms with Gasteiger partial charge in [0.05, 0.1) is 10.5 Å². The van der Waals surface area contributed by atoms with Crippen LogP contribution < -0.4 is 5.32 Å². The molecule has 0 aliphatic heterocycles. The third kappa shape index (κ3) is 5.93. The Bertz CT molecular complexity index is 1190. The van der Waals surface area contributed by atoms with E-state index in [1.807, 2.05) is 12.1 Å². The second-order valence-corrected chi connectivity index (χ2v) is 11.4. The van der Waals surface area contributed by atoms with Gasteiger partial charge in [-0.2, -0.15) is 0 Å². The van der Waals surface area contributed by atoms with Crippen molar-refractivity contribution in [1.29, 1.82) is 0 Å². The van der Waals surface area contributed by atoms with Gasteiger partial charge in [-0.3, -0.25) is 4.79 Å². The zero-order valence-electron chi connectivity index (χ0n) is 20.1. The van der Waals surface area contributed by atoms with Gasteiger partial charge in [0.2, 0.25) is 0 Å². The Balaban J connectivity index is 1.61. The largest absolute Gasteiger partial charge is 0.352 e. The fourth-order valence-electron chi connectivity index (χ4n) is 3.58. The summed E-state index contributed by atoms with van der Waals surface area (Å²) in [6.07, 6.45) is 4.59. The summed E-state index contributed by atoms with van der Waals surface area (Å²) in [7, 11) is -3.75. The van der Waals surface area contributed by atoms with Crippen LogP contribution in [0.1, 0.15) is 74.0 Å². The zero-order valence-corrected chi connectivity index (χ0v) is 20.9. The highest BCUT2D eigenvalue weighted by molar-refractivity contribution is 7.90. The highest BCUT2D eigenvalue weighted by Gasteiger charge is 2.20. The first-order valence-electron chi connectivity index (χ1n) is 11.4. The predicted molar refractivity (Wildman–Crippen MR) is 133 cm³/mol.